The second-order valence-electron chi connectivity index (χ2n) is 9.06. The number of hydrogen-bond donors (Lipinski definition) is 1. The second-order valence-corrected chi connectivity index (χ2v) is 10.9. The smallest absolute Gasteiger partial charge is 0.325 e. The number of fused-ring (bicyclic) bond motifs is 1. The molecule has 1 heterocycles. The van der Waals surface area contributed by atoms with Crippen molar-refractivity contribution in [3.05, 3.63) is 54.3 Å². The van der Waals surface area contributed by atoms with Crippen molar-refractivity contribution >= 4 is 16.0 Å². The molecule has 2 aliphatic rings. The molecule has 1 saturated heterocycles. The molecule has 2 fully saturated rings. The van der Waals surface area contributed by atoms with Crippen LogP contribution in [0.15, 0.2) is 53.4 Å². The number of ether oxygens (including phenoxy) is 3. The van der Waals surface area contributed by atoms with Gasteiger partial charge in [-0.3, -0.25) is 4.79 Å². The Morgan fingerprint density at radius 2 is 1.62 bits per heavy atom. The van der Waals surface area contributed by atoms with Crippen LogP contribution in [0, 0.1) is 11.7 Å². The SMILES string of the molecule is CC(C)CCN(C1(C(=O)O)CC2OCOC2C1)S(=O)(=O)c1ccc(Oc2ccc(F)cc2)cc1. The van der Waals surface area contributed by atoms with Crippen LogP contribution in [0.3, 0.4) is 0 Å². The highest BCUT2D eigenvalue weighted by molar-refractivity contribution is 7.89. The van der Waals surface area contributed by atoms with Crippen LogP contribution >= 0.6 is 0 Å². The lowest BCUT2D eigenvalue weighted by molar-refractivity contribution is -0.150. The van der Waals surface area contributed by atoms with Crippen molar-refractivity contribution in [3.63, 3.8) is 0 Å². The maximum absolute atomic E-state index is 13.8. The van der Waals surface area contributed by atoms with Gasteiger partial charge in [-0.2, -0.15) is 4.31 Å². The molecule has 2 unspecified atom stereocenters. The maximum Gasteiger partial charge on any atom is 0.325 e. The Morgan fingerprint density at radius 3 is 2.12 bits per heavy atom. The number of nitrogens with zero attached hydrogens (tertiary/aromatic N) is 1. The second kappa shape index (κ2) is 9.61. The number of hydrogen-bond acceptors (Lipinski definition) is 6. The third kappa shape index (κ3) is 4.81. The molecule has 0 spiro atoms. The van der Waals surface area contributed by atoms with Crippen LogP contribution in [-0.2, 0) is 24.3 Å². The average molecular weight is 494 g/mol. The van der Waals surface area contributed by atoms with Crippen molar-refractivity contribution in [2.45, 2.75) is 55.8 Å². The number of aliphatic carboxylic acids is 1. The molecular weight excluding hydrogens is 465 g/mol. The Hall–Kier alpha value is -2.53. The minimum Gasteiger partial charge on any atom is -0.480 e. The summed E-state index contributed by atoms with van der Waals surface area (Å²) in [6.07, 6.45) is -0.373. The Morgan fingerprint density at radius 1 is 1.09 bits per heavy atom. The molecule has 8 nitrogen and oxygen atoms in total. The number of sulfonamides is 1. The maximum atomic E-state index is 13.8. The van der Waals surface area contributed by atoms with Crippen LogP contribution in [0.1, 0.15) is 33.1 Å². The molecule has 2 atom stereocenters. The number of carboxylic acid groups (broad SMARTS) is 1. The highest BCUT2D eigenvalue weighted by Gasteiger charge is 2.60. The number of halogens is 1. The van der Waals surface area contributed by atoms with Gasteiger partial charge in [0.15, 0.2) is 0 Å². The van der Waals surface area contributed by atoms with E-state index in [2.05, 4.69) is 0 Å². The van der Waals surface area contributed by atoms with E-state index in [0.29, 0.717) is 17.9 Å². The number of carbonyl (C=O) groups is 1. The van der Waals surface area contributed by atoms with E-state index in [0.717, 1.165) is 4.31 Å². The minimum atomic E-state index is -4.17. The van der Waals surface area contributed by atoms with E-state index >= 15 is 0 Å². The fourth-order valence-electron chi connectivity index (χ4n) is 4.43. The van der Waals surface area contributed by atoms with E-state index in [1.807, 2.05) is 13.8 Å². The Kier molecular flexibility index (Phi) is 6.95. The third-order valence-electron chi connectivity index (χ3n) is 6.30. The average Bonchev–Trinajstić information content (AvgIpc) is 3.36. The molecule has 1 saturated carbocycles. The van der Waals surface area contributed by atoms with Crippen molar-refractivity contribution in [1.82, 2.24) is 4.31 Å². The zero-order chi connectivity index (χ0) is 24.5. The van der Waals surface area contributed by atoms with Gasteiger partial charge in [0.05, 0.1) is 17.1 Å². The lowest BCUT2D eigenvalue weighted by Crippen LogP contribution is -2.56. The summed E-state index contributed by atoms with van der Waals surface area (Å²) >= 11 is 0. The number of rotatable bonds is 9. The van der Waals surface area contributed by atoms with Crippen LogP contribution in [-0.4, -0.2) is 54.9 Å². The summed E-state index contributed by atoms with van der Waals surface area (Å²) in [5.74, 6) is -0.669. The van der Waals surface area contributed by atoms with Crippen molar-refractivity contribution in [3.8, 4) is 11.5 Å². The predicted molar refractivity (Wildman–Crippen MR) is 120 cm³/mol. The normalized spacial score (nSPS) is 24.5. The van der Waals surface area contributed by atoms with E-state index in [-0.39, 0.29) is 37.0 Å². The van der Waals surface area contributed by atoms with E-state index in [1.165, 1.54) is 48.5 Å². The topological polar surface area (TPSA) is 102 Å². The van der Waals surface area contributed by atoms with Gasteiger partial charge >= 0.3 is 5.97 Å². The molecule has 10 heteroatoms. The third-order valence-corrected chi connectivity index (χ3v) is 8.28. The summed E-state index contributed by atoms with van der Waals surface area (Å²) in [7, 11) is -4.17. The van der Waals surface area contributed by atoms with Gasteiger partial charge in [-0.1, -0.05) is 13.8 Å². The Bertz CT molecular complexity index is 1110. The summed E-state index contributed by atoms with van der Waals surface area (Å²) in [5, 5.41) is 10.2. The predicted octanol–water partition coefficient (Wildman–Crippen LogP) is 4.01. The lowest BCUT2D eigenvalue weighted by atomic mass is 9.96. The molecule has 0 radical (unpaired) electrons. The van der Waals surface area contributed by atoms with Gasteiger partial charge in [0.25, 0.3) is 0 Å². The Balaban J connectivity index is 1.64. The van der Waals surface area contributed by atoms with Crippen molar-refractivity contribution < 1.29 is 36.9 Å². The summed E-state index contributed by atoms with van der Waals surface area (Å²) < 4.78 is 58.4. The van der Waals surface area contributed by atoms with Crippen LogP contribution < -0.4 is 4.74 Å². The quantitative estimate of drug-likeness (QED) is 0.563. The summed E-state index contributed by atoms with van der Waals surface area (Å²) in [6, 6.07) is 11.2. The van der Waals surface area contributed by atoms with Gasteiger partial charge in [-0.25, -0.2) is 12.8 Å². The molecular formula is C24H28FNO7S. The first-order chi connectivity index (χ1) is 16.1. The number of benzene rings is 2. The zero-order valence-corrected chi connectivity index (χ0v) is 19.8. The van der Waals surface area contributed by atoms with Crippen molar-refractivity contribution in [2.24, 2.45) is 5.92 Å². The molecule has 0 amide bonds. The first kappa shape index (κ1) is 24.6. The number of carboxylic acids is 1. The van der Waals surface area contributed by atoms with Crippen LogP contribution in [0.4, 0.5) is 4.39 Å². The van der Waals surface area contributed by atoms with E-state index in [9.17, 15) is 22.7 Å². The van der Waals surface area contributed by atoms with E-state index in [4.69, 9.17) is 14.2 Å². The van der Waals surface area contributed by atoms with Gasteiger partial charge < -0.3 is 19.3 Å². The fourth-order valence-corrected chi connectivity index (χ4v) is 6.20. The standard InChI is InChI=1S/C24H28FNO7S/c1-16(2)11-12-26(24(23(27)28)13-21-22(14-24)32-15-31-21)34(29,30)20-9-7-19(8-10-20)33-18-5-3-17(25)4-6-18/h3-10,16,21-22H,11-15H2,1-2H3,(H,27,28). The van der Waals surface area contributed by atoms with Crippen molar-refractivity contribution in [2.75, 3.05) is 13.3 Å². The molecule has 1 aliphatic heterocycles. The fraction of sp³-hybridized carbons (Fsp3) is 0.458. The van der Waals surface area contributed by atoms with Crippen molar-refractivity contribution in [1.29, 1.82) is 0 Å². The largest absolute Gasteiger partial charge is 0.480 e. The van der Waals surface area contributed by atoms with Crippen LogP contribution in [0.25, 0.3) is 0 Å². The molecule has 184 valence electrons. The summed E-state index contributed by atoms with van der Waals surface area (Å²) in [6.45, 7) is 4.05. The zero-order valence-electron chi connectivity index (χ0n) is 19.0. The monoisotopic (exact) mass is 493 g/mol. The highest BCUT2D eigenvalue weighted by Crippen LogP contribution is 2.44. The molecule has 2 aromatic carbocycles. The van der Waals surface area contributed by atoms with Crippen LogP contribution in [0.5, 0.6) is 11.5 Å². The Labute approximate surface area is 198 Å². The molecule has 1 N–H and O–H groups in total. The van der Waals surface area contributed by atoms with Gasteiger partial charge in [0.2, 0.25) is 10.0 Å². The molecule has 1 aliphatic carbocycles. The van der Waals surface area contributed by atoms with E-state index < -0.39 is 39.6 Å². The highest BCUT2D eigenvalue weighted by atomic mass is 32.2. The van der Waals surface area contributed by atoms with Gasteiger partial charge in [-0.05, 0) is 60.9 Å². The molecule has 0 aromatic heterocycles. The summed E-state index contributed by atoms with van der Waals surface area (Å²) in [4.78, 5) is 12.5. The lowest BCUT2D eigenvalue weighted by Gasteiger charge is -2.37. The first-order valence-corrected chi connectivity index (χ1v) is 12.6. The van der Waals surface area contributed by atoms with Gasteiger partial charge in [0.1, 0.15) is 29.6 Å². The molecule has 4 rings (SSSR count). The van der Waals surface area contributed by atoms with E-state index in [1.54, 1.807) is 0 Å². The molecule has 2 aromatic rings. The van der Waals surface area contributed by atoms with Gasteiger partial charge in [-0.15, -0.1) is 0 Å². The molecule has 34 heavy (non-hydrogen) atoms. The molecule has 0 bridgehead atoms. The van der Waals surface area contributed by atoms with Gasteiger partial charge in [0, 0.05) is 19.4 Å². The minimum absolute atomic E-state index is 0.0239. The van der Waals surface area contributed by atoms with Crippen LogP contribution in [0.2, 0.25) is 0 Å². The first-order valence-electron chi connectivity index (χ1n) is 11.1. The summed E-state index contributed by atoms with van der Waals surface area (Å²) in [5.41, 5.74) is -1.66.